The van der Waals surface area contributed by atoms with Crippen LogP contribution in [0.2, 0.25) is 5.02 Å². The number of rotatable bonds is 0. The summed E-state index contributed by atoms with van der Waals surface area (Å²) < 4.78 is 0. The maximum atomic E-state index is 5.90. The van der Waals surface area contributed by atoms with Crippen LogP contribution in [-0.4, -0.2) is 56.4 Å². The zero-order valence-electron chi connectivity index (χ0n) is 5.71. The van der Waals surface area contributed by atoms with Gasteiger partial charge in [0.25, 0.3) is 0 Å². The Kier molecular flexibility index (Phi) is 4.16. The molecule has 0 spiro atoms. The molecule has 0 atom stereocenters. The predicted molar refractivity (Wildman–Crippen MR) is 52.7 cm³/mol. The molecule has 0 aliphatic heterocycles. The summed E-state index contributed by atoms with van der Waals surface area (Å²) in [4.78, 5) is 4.10. The summed E-state index contributed by atoms with van der Waals surface area (Å²) in [6.07, 6.45) is 1.73. The van der Waals surface area contributed by atoms with Gasteiger partial charge in [-0.3, -0.25) is 4.98 Å². The van der Waals surface area contributed by atoms with Crippen LogP contribution in [0.25, 0.3) is 10.9 Å². The first-order valence-electron chi connectivity index (χ1n) is 3.29. The van der Waals surface area contributed by atoms with Gasteiger partial charge in [-0.1, -0.05) is 17.7 Å². The monoisotopic (exact) mass is 202 g/mol. The van der Waals surface area contributed by atoms with Gasteiger partial charge in [0.2, 0.25) is 0 Å². The molecule has 0 fully saturated rings. The summed E-state index contributed by atoms with van der Waals surface area (Å²) in [5.74, 6) is 0. The van der Waals surface area contributed by atoms with E-state index in [1.807, 2.05) is 18.2 Å². The first-order chi connectivity index (χ1) is 5.38. The van der Waals surface area contributed by atoms with Gasteiger partial charge in [0.05, 0.1) is 10.5 Å². The van der Waals surface area contributed by atoms with Crippen molar-refractivity contribution >= 4 is 73.9 Å². The molecular formula is C9H6ClKN. The van der Waals surface area contributed by atoms with E-state index in [0.29, 0.717) is 0 Å². The van der Waals surface area contributed by atoms with Gasteiger partial charge in [0, 0.05) is 17.6 Å². The molecule has 1 heterocycles. The normalized spacial score (nSPS) is 9.42. The van der Waals surface area contributed by atoms with Crippen LogP contribution in [-0.2, 0) is 0 Å². The minimum absolute atomic E-state index is 0. The van der Waals surface area contributed by atoms with Gasteiger partial charge in [0.15, 0.2) is 0 Å². The Labute approximate surface area is 119 Å². The molecule has 0 N–H and O–H groups in total. The van der Waals surface area contributed by atoms with Gasteiger partial charge in [0.1, 0.15) is 0 Å². The second-order valence-corrected chi connectivity index (χ2v) is 2.63. The molecular weight excluding hydrogens is 197 g/mol. The standard InChI is InChI=1S/C9H5ClN.K.H/c10-8-4-1-5-9-7(8)3-2-6-11-9;;/h1-4,6H;;. The zero-order chi connectivity index (χ0) is 7.68. The first kappa shape index (κ1) is 10.6. The van der Waals surface area contributed by atoms with Crippen molar-refractivity contribution in [3.63, 3.8) is 0 Å². The van der Waals surface area contributed by atoms with Crippen molar-refractivity contribution in [3.05, 3.63) is 41.6 Å². The van der Waals surface area contributed by atoms with Crippen LogP contribution in [0.4, 0.5) is 0 Å². The van der Waals surface area contributed by atoms with Crippen LogP contribution in [0.15, 0.2) is 30.5 Å². The first-order valence-corrected chi connectivity index (χ1v) is 3.66. The van der Waals surface area contributed by atoms with E-state index >= 15 is 0 Å². The number of fused-ring (bicyclic) bond motifs is 1. The van der Waals surface area contributed by atoms with Gasteiger partial charge in [-0.15, -0.1) is 0 Å². The third-order valence-electron chi connectivity index (χ3n) is 1.51. The van der Waals surface area contributed by atoms with E-state index in [1.54, 1.807) is 12.3 Å². The number of nitrogens with zero attached hydrogens (tertiary/aromatic N) is 1. The van der Waals surface area contributed by atoms with Crippen molar-refractivity contribution in [3.8, 4) is 0 Å². The van der Waals surface area contributed by atoms with E-state index < -0.39 is 0 Å². The Morgan fingerprint density at radius 2 is 2.17 bits per heavy atom. The molecule has 0 amide bonds. The van der Waals surface area contributed by atoms with Gasteiger partial charge in [-0.2, -0.15) is 0 Å². The molecule has 12 heavy (non-hydrogen) atoms. The molecule has 1 aromatic carbocycles. The van der Waals surface area contributed by atoms with Crippen LogP contribution in [0.3, 0.4) is 0 Å². The molecule has 0 aliphatic rings. The van der Waals surface area contributed by atoms with E-state index in [4.69, 9.17) is 11.6 Å². The quantitative estimate of drug-likeness (QED) is 0.596. The Morgan fingerprint density at radius 1 is 1.33 bits per heavy atom. The van der Waals surface area contributed by atoms with E-state index in [1.165, 1.54) is 0 Å². The predicted octanol–water partition coefficient (Wildman–Crippen LogP) is 2.04. The van der Waals surface area contributed by atoms with Crippen molar-refractivity contribution < 1.29 is 0 Å². The molecule has 0 saturated heterocycles. The van der Waals surface area contributed by atoms with Crippen LogP contribution in [0, 0.1) is 6.07 Å². The molecule has 0 bridgehead atoms. The van der Waals surface area contributed by atoms with Crippen LogP contribution < -0.4 is 0 Å². The van der Waals surface area contributed by atoms with Gasteiger partial charge in [-0.25, -0.2) is 0 Å². The molecule has 1 aromatic heterocycles. The van der Waals surface area contributed by atoms with Crippen LogP contribution in [0.1, 0.15) is 0 Å². The molecule has 3 heteroatoms. The van der Waals surface area contributed by atoms with Crippen molar-refractivity contribution in [2.24, 2.45) is 0 Å². The van der Waals surface area contributed by atoms with Crippen molar-refractivity contribution in [2.75, 3.05) is 0 Å². The Balaban J connectivity index is 0.000000720. The average Bonchev–Trinajstić information content (AvgIpc) is 2.06. The van der Waals surface area contributed by atoms with E-state index in [-0.39, 0.29) is 51.4 Å². The molecule has 0 saturated carbocycles. The van der Waals surface area contributed by atoms with Crippen molar-refractivity contribution in [2.45, 2.75) is 0 Å². The number of halogens is 1. The second kappa shape index (κ2) is 4.70. The van der Waals surface area contributed by atoms with E-state index in [0.717, 1.165) is 15.9 Å². The van der Waals surface area contributed by atoms with Gasteiger partial charge < -0.3 is 0 Å². The zero-order valence-corrected chi connectivity index (χ0v) is 6.47. The fraction of sp³-hybridized carbons (Fsp3) is 0. The molecule has 55 valence electrons. The third kappa shape index (κ3) is 2.07. The Morgan fingerprint density at radius 3 is 2.92 bits per heavy atom. The minimum atomic E-state index is 0. The summed E-state index contributed by atoms with van der Waals surface area (Å²) >= 11 is 5.90. The summed E-state index contributed by atoms with van der Waals surface area (Å²) in [7, 11) is 0. The summed E-state index contributed by atoms with van der Waals surface area (Å²) in [5, 5.41) is 1.68. The molecule has 0 aliphatic carbocycles. The van der Waals surface area contributed by atoms with Gasteiger partial charge in [-0.05, 0) is 18.2 Å². The van der Waals surface area contributed by atoms with Crippen LogP contribution >= 0.6 is 11.6 Å². The summed E-state index contributed by atoms with van der Waals surface area (Å²) in [6, 6.07) is 10.4. The molecule has 2 rings (SSSR count). The number of pyridine rings is 1. The molecule has 1 radical (unpaired) electrons. The fourth-order valence-corrected chi connectivity index (χ4v) is 1.21. The number of hydrogen-bond acceptors (Lipinski definition) is 1. The van der Waals surface area contributed by atoms with E-state index in [2.05, 4.69) is 11.1 Å². The third-order valence-corrected chi connectivity index (χ3v) is 1.84. The molecule has 2 aromatic rings. The topological polar surface area (TPSA) is 12.9 Å². The average molecular weight is 203 g/mol. The van der Waals surface area contributed by atoms with Crippen LogP contribution in [0.5, 0.6) is 0 Å². The number of aromatic nitrogens is 1. The van der Waals surface area contributed by atoms with Crippen molar-refractivity contribution in [1.29, 1.82) is 0 Å². The van der Waals surface area contributed by atoms with Crippen molar-refractivity contribution in [1.82, 2.24) is 4.98 Å². The molecule has 1 nitrogen and oxygen atoms in total. The number of hydrogen-bond donors (Lipinski definition) is 0. The molecule has 0 unspecified atom stereocenters. The second-order valence-electron chi connectivity index (χ2n) is 2.23. The fourth-order valence-electron chi connectivity index (χ4n) is 0.997. The number of benzene rings is 1. The van der Waals surface area contributed by atoms with E-state index in [9.17, 15) is 0 Å². The Bertz CT molecular complexity index is 384. The SMILES string of the molecule is Clc1cc[c]c2ncccc12.[KH]. The summed E-state index contributed by atoms with van der Waals surface area (Å²) in [5.41, 5.74) is 0.819. The Hall–Kier alpha value is 0.556. The maximum absolute atomic E-state index is 5.90. The van der Waals surface area contributed by atoms with Gasteiger partial charge >= 0.3 is 51.4 Å². The summed E-state index contributed by atoms with van der Waals surface area (Å²) in [6.45, 7) is 0.